The number of nitriles is 1. The van der Waals surface area contributed by atoms with Crippen molar-refractivity contribution in [2.75, 3.05) is 7.11 Å². The molecule has 2 aliphatic heterocycles. The number of hydrogen-bond acceptors (Lipinski definition) is 5. The second kappa shape index (κ2) is 4.92. The van der Waals surface area contributed by atoms with E-state index in [1.165, 1.54) is 12.0 Å². The third kappa shape index (κ3) is 2.58. The van der Waals surface area contributed by atoms with E-state index in [-0.39, 0.29) is 17.3 Å². The lowest BCUT2D eigenvalue weighted by molar-refractivity contribution is -0.0865. The molecule has 3 atom stereocenters. The number of amides is 1. The highest BCUT2D eigenvalue weighted by Crippen LogP contribution is 2.45. The minimum absolute atomic E-state index is 0.202. The summed E-state index contributed by atoms with van der Waals surface area (Å²) in [6.07, 6.45) is -0.258. The number of allylic oxidation sites excluding steroid dienone is 1. The summed E-state index contributed by atoms with van der Waals surface area (Å²) in [6, 6.07) is 2.01. The molecule has 1 saturated heterocycles. The molecular formula is C15H22N2O4. The normalized spacial score (nSPS) is 30.8. The van der Waals surface area contributed by atoms with E-state index in [0.29, 0.717) is 0 Å². The van der Waals surface area contributed by atoms with Crippen molar-refractivity contribution in [1.82, 2.24) is 4.90 Å². The minimum Gasteiger partial charge on any atom is -0.457 e. The average Bonchev–Trinajstić information content (AvgIpc) is 2.77. The summed E-state index contributed by atoms with van der Waals surface area (Å²) < 4.78 is 16.6. The van der Waals surface area contributed by atoms with Crippen LogP contribution in [0.3, 0.4) is 0 Å². The van der Waals surface area contributed by atoms with Gasteiger partial charge in [-0.1, -0.05) is 34.6 Å². The average molecular weight is 294 g/mol. The van der Waals surface area contributed by atoms with E-state index in [0.717, 1.165) is 0 Å². The summed E-state index contributed by atoms with van der Waals surface area (Å²) in [5.74, 6) is 0.202. The Kier molecular flexibility index (Phi) is 3.66. The van der Waals surface area contributed by atoms with Crippen LogP contribution in [0.5, 0.6) is 0 Å². The molecule has 0 aromatic heterocycles. The third-order valence-corrected chi connectivity index (χ3v) is 3.78. The van der Waals surface area contributed by atoms with Crippen LogP contribution in [-0.4, -0.2) is 36.7 Å². The van der Waals surface area contributed by atoms with Crippen LogP contribution in [0, 0.1) is 22.2 Å². The summed E-state index contributed by atoms with van der Waals surface area (Å²) in [5, 5.41) is 9.13. The van der Waals surface area contributed by atoms with Crippen LogP contribution in [-0.2, 0) is 14.2 Å². The van der Waals surface area contributed by atoms with Gasteiger partial charge in [-0.2, -0.15) is 5.26 Å². The Balaban J connectivity index is 2.44. The van der Waals surface area contributed by atoms with Crippen molar-refractivity contribution in [3.05, 3.63) is 11.8 Å². The molecule has 0 aromatic carbocycles. The first-order valence-electron chi connectivity index (χ1n) is 6.93. The first-order valence-corrected chi connectivity index (χ1v) is 6.93. The number of rotatable bonds is 0. The van der Waals surface area contributed by atoms with Crippen molar-refractivity contribution in [2.24, 2.45) is 10.8 Å². The van der Waals surface area contributed by atoms with Crippen molar-refractivity contribution in [2.45, 2.75) is 53.2 Å². The third-order valence-electron chi connectivity index (χ3n) is 3.78. The number of fused-ring (bicyclic) bond motifs is 1. The number of nitrogens with zero attached hydrogens (tertiary/aromatic N) is 2. The molecule has 3 unspecified atom stereocenters. The van der Waals surface area contributed by atoms with Gasteiger partial charge >= 0.3 is 6.09 Å². The summed E-state index contributed by atoms with van der Waals surface area (Å²) in [6.45, 7) is 9.87. The van der Waals surface area contributed by atoms with Crippen LogP contribution in [0.2, 0.25) is 0 Å². The molecule has 2 rings (SSSR count). The van der Waals surface area contributed by atoms with E-state index < -0.39 is 24.0 Å². The highest BCUT2D eigenvalue weighted by molar-refractivity contribution is 5.68. The van der Waals surface area contributed by atoms with Gasteiger partial charge in [0.1, 0.15) is 18.4 Å². The van der Waals surface area contributed by atoms with Gasteiger partial charge in [-0.15, -0.1) is 0 Å². The zero-order valence-corrected chi connectivity index (χ0v) is 13.3. The fourth-order valence-electron chi connectivity index (χ4n) is 2.78. The van der Waals surface area contributed by atoms with Gasteiger partial charge in [-0.05, 0) is 6.08 Å². The largest absolute Gasteiger partial charge is 0.457 e. The summed E-state index contributed by atoms with van der Waals surface area (Å²) >= 11 is 0. The smallest absolute Gasteiger partial charge is 0.414 e. The molecule has 0 bridgehead atoms. The van der Waals surface area contributed by atoms with Crippen LogP contribution in [0.4, 0.5) is 4.79 Å². The Morgan fingerprint density at radius 1 is 1.48 bits per heavy atom. The Morgan fingerprint density at radius 2 is 2.10 bits per heavy atom. The van der Waals surface area contributed by atoms with Crippen molar-refractivity contribution in [1.29, 1.82) is 5.26 Å². The van der Waals surface area contributed by atoms with Crippen LogP contribution in [0.1, 0.15) is 34.6 Å². The summed E-state index contributed by atoms with van der Waals surface area (Å²) in [7, 11) is 1.32. The zero-order chi connectivity index (χ0) is 16.0. The van der Waals surface area contributed by atoms with Crippen LogP contribution in [0.15, 0.2) is 11.8 Å². The molecule has 0 radical (unpaired) electrons. The van der Waals surface area contributed by atoms with Gasteiger partial charge in [0.25, 0.3) is 0 Å². The van der Waals surface area contributed by atoms with E-state index >= 15 is 0 Å². The van der Waals surface area contributed by atoms with Crippen molar-refractivity contribution in [3.63, 3.8) is 0 Å². The molecule has 0 aliphatic carbocycles. The summed E-state index contributed by atoms with van der Waals surface area (Å²) in [4.78, 5) is 13.6. The molecule has 1 amide bonds. The van der Waals surface area contributed by atoms with E-state index in [1.54, 1.807) is 6.08 Å². The molecule has 2 aliphatic rings. The first-order chi connectivity index (χ1) is 9.61. The Bertz CT molecular complexity index is 513. The fraction of sp³-hybridized carbons (Fsp3) is 0.733. The molecule has 1 fully saturated rings. The fourth-order valence-corrected chi connectivity index (χ4v) is 2.78. The van der Waals surface area contributed by atoms with E-state index in [9.17, 15) is 4.79 Å². The standard InChI is InChI=1S/C15H22N2O4/c1-14(2,3)12-17(13(18)19-6)11-10(21-12)15(4,5)7-9(8-16)20-11/h7,10-12H,1-6H3. The number of carbonyl (C=O) groups excluding carboxylic acids is 1. The number of hydrogen-bond donors (Lipinski definition) is 0. The Morgan fingerprint density at radius 3 is 2.57 bits per heavy atom. The molecule has 0 aromatic rings. The van der Waals surface area contributed by atoms with Gasteiger partial charge in [-0.3, -0.25) is 0 Å². The quantitative estimate of drug-likeness (QED) is 0.686. The van der Waals surface area contributed by atoms with Gasteiger partial charge < -0.3 is 14.2 Å². The molecule has 0 N–H and O–H groups in total. The monoisotopic (exact) mass is 294 g/mol. The van der Waals surface area contributed by atoms with Crippen molar-refractivity contribution < 1.29 is 19.0 Å². The SMILES string of the molecule is COC(=O)N1C2OC(C#N)=CC(C)(C)C2OC1C(C)(C)C. The van der Waals surface area contributed by atoms with Crippen LogP contribution >= 0.6 is 0 Å². The predicted octanol–water partition coefficient (Wildman–Crippen LogP) is 2.62. The molecule has 2 heterocycles. The maximum atomic E-state index is 12.2. The number of carbonyl (C=O) groups is 1. The number of ether oxygens (including phenoxy) is 3. The topological polar surface area (TPSA) is 71.8 Å². The van der Waals surface area contributed by atoms with Gasteiger partial charge in [0.2, 0.25) is 6.23 Å². The second-order valence-corrected chi connectivity index (χ2v) is 7.10. The van der Waals surface area contributed by atoms with Crippen molar-refractivity contribution >= 4 is 6.09 Å². The van der Waals surface area contributed by atoms with E-state index in [1.807, 2.05) is 40.7 Å². The molecular weight excluding hydrogens is 272 g/mol. The highest BCUT2D eigenvalue weighted by atomic mass is 16.6. The Hall–Kier alpha value is -1.74. The molecule has 0 saturated carbocycles. The number of methoxy groups -OCH3 is 1. The van der Waals surface area contributed by atoms with Crippen LogP contribution in [0.25, 0.3) is 0 Å². The lowest BCUT2D eigenvalue weighted by Crippen LogP contribution is -2.51. The molecule has 21 heavy (non-hydrogen) atoms. The summed E-state index contributed by atoms with van der Waals surface area (Å²) in [5.41, 5.74) is -0.724. The van der Waals surface area contributed by atoms with Gasteiger partial charge in [0.15, 0.2) is 5.76 Å². The van der Waals surface area contributed by atoms with Gasteiger partial charge in [0, 0.05) is 10.8 Å². The lowest BCUT2D eigenvalue weighted by Gasteiger charge is -2.37. The van der Waals surface area contributed by atoms with Gasteiger partial charge in [-0.25, -0.2) is 9.69 Å². The zero-order valence-electron chi connectivity index (χ0n) is 13.3. The van der Waals surface area contributed by atoms with Crippen LogP contribution < -0.4 is 0 Å². The Labute approximate surface area is 125 Å². The maximum Gasteiger partial charge on any atom is 0.414 e. The molecule has 6 nitrogen and oxygen atoms in total. The molecule has 116 valence electrons. The van der Waals surface area contributed by atoms with Gasteiger partial charge in [0.05, 0.1) is 7.11 Å². The highest BCUT2D eigenvalue weighted by Gasteiger charge is 2.57. The predicted molar refractivity (Wildman–Crippen MR) is 74.7 cm³/mol. The van der Waals surface area contributed by atoms with E-state index in [2.05, 4.69) is 0 Å². The van der Waals surface area contributed by atoms with E-state index in [4.69, 9.17) is 19.5 Å². The second-order valence-electron chi connectivity index (χ2n) is 7.10. The molecule has 6 heteroatoms. The minimum atomic E-state index is -0.656. The first kappa shape index (κ1) is 15.6. The maximum absolute atomic E-state index is 12.2. The van der Waals surface area contributed by atoms with Crippen molar-refractivity contribution in [3.8, 4) is 6.07 Å². The lowest BCUT2D eigenvalue weighted by atomic mass is 9.83. The molecule has 0 spiro atoms.